The Kier molecular flexibility index (Phi) is 10.6. The van der Waals surface area contributed by atoms with Crippen LogP contribution in [-0.2, 0) is 37.2 Å². The van der Waals surface area contributed by atoms with Crippen molar-refractivity contribution in [1.29, 1.82) is 0 Å². The van der Waals surface area contributed by atoms with Gasteiger partial charge < -0.3 is 19.9 Å². The van der Waals surface area contributed by atoms with Gasteiger partial charge in [-0.2, -0.15) is 0 Å². The van der Waals surface area contributed by atoms with Crippen LogP contribution >= 0.6 is 24.0 Å². The fraction of sp³-hybridized carbons (Fsp3) is 0.545. The molecule has 3 rings (SSSR count). The van der Waals surface area contributed by atoms with E-state index in [1.54, 1.807) is 7.05 Å². The zero-order chi connectivity index (χ0) is 20.5. The van der Waals surface area contributed by atoms with E-state index in [0.717, 1.165) is 75.2 Å². The first-order chi connectivity index (χ1) is 14.2. The number of nitrogens with zero attached hydrogens (tertiary/aromatic N) is 3. The van der Waals surface area contributed by atoms with Crippen molar-refractivity contribution in [2.24, 2.45) is 4.99 Å². The summed E-state index contributed by atoms with van der Waals surface area (Å²) >= 11 is 0. The number of morpholine rings is 1. The number of rotatable bonds is 8. The van der Waals surface area contributed by atoms with Gasteiger partial charge in [-0.15, -0.1) is 24.0 Å². The normalized spacial score (nSPS) is 15.0. The third-order valence-corrected chi connectivity index (χ3v) is 5.26. The molecule has 0 bridgehead atoms. The molecule has 1 aromatic heterocycles. The van der Waals surface area contributed by atoms with Crippen molar-refractivity contribution in [2.75, 3.05) is 33.4 Å². The highest BCUT2D eigenvalue weighted by Crippen LogP contribution is 2.15. The van der Waals surface area contributed by atoms with Crippen molar-refractivity contribution in [3.05, 3.63) is 52.4 Å². The average Bonchev–Trinajstić information content (AvgIpc) is 3.17. The predicted octanol–water partition coefficient (Wildman–Crippen LogP) is 3.11. The molecule has 1 aliphatic rings. The molecular formula is C22H34IN5O2. The molecule has 2 N–H and O–H groups in total. The summed E-state index contributed by atoms with van der Waals surface area (Å²) in [4.78, 5) is 6.77. The molecule has 0 aliphatic carbocycles. The minimum atomic E-state index is 0. The van der Waals surface area contributed by atoms with E-state index in [1.165, 1.54) is 11.1 Å². The number of aliphatic imine (C=N–C) groups is 1. The van der Waals surface area contributed by atoms with E-state index < -0.39 is 0 Å². The molecule has 0 saturated carbocycles. The Labute approximate surface area is 196 Å². The van der Waals surface area contributed by atoms with Crippen molar-refractivity contribution in [3.8, 4) is 0 Å². The standard InChI is InChI=1S/C22H33N5O2.HI/c1-4-20-19(21(5-2)29-26-20)15-25-22(23-3)24-14-17-6-8-18(9-7-17)16-27-10-12-28-13-11-27;/h6-9H,4-5,10-16H2,1-3H3,(H2,23,24,25);1H. The van der Waals surface area contributed by atoms with E-state index in [1.807, 2.05) is 0 Å². The topological polar surface area (TPSA) is 74.9 Å². The maximum atomic E-state index is 5.44. The van der Waals surface area contributed by atoms with Gasteiger partial charge >= 0.3 is 0 Å². The van der Waals surface area contributed by atoms with Gasteiger partial charge in [0.25, 0.3) is 0 Å². The smallest absolute Gasteiger partial charge is 0.191 e. The Morgan fingerprint density at radius 2 is 1.70 bits per heavy atom. The van der Waals surface area contributed by atoms with E-state index in [0.29, 0.717) is 6.54 Å². The van der Waals surface area contributed by atoms with Crippen molar-refractivity contribution in [1.82, 2.24) is 20.7 Å². The fourth-order valence-electron chi connectivity index (χ4n) is 3.50. The lowest BCUT2D eigenvalue weighted by atomic mass is 10.1. The maximum Gasteiger partial charge on any atom is 0.191 e. The Balaban J connectivity index is 0.00000320. The van der Waals surface area contributed by atoms with E-state index in [2.05, 4.69) is 63.8 Å². The summed E-state index contributed by atoms with van der Waals surface area (Å²) in [5, 5.41) is 10.9. The molecule has 1 fully saturated rings. The van der Waals surface area contributed by atoms with Crippen LogP contribution in [0.3, 0.4) is 0 Å². The molecule has 1 aliphatic heterocycles. The van der Waals surface area contributed by atoms with Crippen LogP contribution in [-0.4, -0.2) is 49.4 Å². The average molecular weight is 527 g/mol. The molecule has 0 atom stereocenters. The van der Waals surface area contributed by atoms with Gasteiger partial charge in [-0.3, -0.25) is 9.89 Å². The Morgan fingerprint density at radius 3 is 2.33 bits per heavy atom. The molecule has 166 valence electrons. The molecule has 1 saturated heterocycles. The lowest BCUT2D eigenvalue weighted by molar-refractivity contribution is 0.0342. The summed E-state index contributed by atoms with van der Waals surface area (Å²) in [6.45, 7) is 10.2. The van der Waals surface area contributed by atoms with Crippen molar-refractivity contribution < 1.29 is 9.26 Å². The second-order valence-electron chi connectivity index (χ2n) is 7.22. The second kappa shape index (κ2) is 12.9. The Morgan fingerprint density at radius 1 is 1.03 bits per heavy atom. The highest BCUT2D eigenvalue weighted by molar-refractivity contribution is 14.0. The minimum Gasteiger partial charge on any atom is -0.379 e. The zero-order valence-electron chi connectivity index (χ0n) is 18.2. The van der Waals surface area contributed by atoms with E-state index in [-0.39, 0.29) is 24.0 Å². The van der Waals surface area contributed by atoms with Gasteiger partial charge in [0.05, 0.1) is 18.9 Å². The molecule has 30 heavy (non-hydrogen) atoms. The Hall–Kier alpha value is -1.65. The first-order valence-electron chi connectivity index (χ1n) is 10.5. The van der Waals surface area contributed by atoms with Crippen molar-refractivity contribution in [2.45, 2.75) is 46.3 Å². The molecular weight excluding hydrogens is 493 g/mol. The number of ether oxygens (including phenoxy) is 1. The molecule has 0 amide bonds. The number of guanidine groups is 1. The van der Waals surface area contributed by atoms with Gasteiger partial charge in [0.2, 0.25) is 0 Å². The molecule has 2 aromatic rings. The van der Waals surface area contributed by atoms with Gasteiger partial charge in [0.15, 0.2) is 5.96 Å². The lowest BCUT2D eigenvalue weighted by Crippen LogP contribution is -2.36. The largest absolute Gasteiger partial charge is 0.379 e. The first kappa shape index (κ1) is 24.6. The maximum absolute atomic E-state index is 5.44. The van der Waals surface area contributed by atoms with Crippen LogP contribution in [0.25, 0.3) is 0 Å². The second-order valence-corrected chi connectivity index (χ2v) is 7.22. The number of nitrogens with one attached hydrogen (secondary N) is 2. The van der Waals surface area contributed by atoms with Crippen molar-refractivity contribution in [3.63, 3.8) is 0 Å². The number of hydrogen-bond donors (Lipinski definition) is 2. The van der Waals surface area contributed by atoms with Gasteiger partial charge in [0, 0.05) is 51.8 Å². The van der Waals surface area contributed by atoms with Gasteiger partial charge in [0.1, 0.15) is 5.76 Å². The van der Waals surface area contributed by atoms with Crippen LogP contribution in [0.1, 0.15) is 42.0 Å². The lowest BCUT2D eigenvalue weighted by Gasteiger charge is -2.26. The number of benzene rings is 1. The zero-order valence-corrected chi connectivity index (χ0v) is 20.6. The predicted molar refractivity (Wildman–Crippen MR) is 130 cm³/mol. The third-order valence-electron chi connectivity index (χ3n) is 5.26. The van der Waals surface area contributed by atoms with Gasteiger partial charge in [-0.25, -0.2) is 0 Å². The molecule has 2 heterocycles. The Bertz CT molecular complexity index is 764. The van der Waals surface area contributed by atoms with E-state index >= 15 is 0 Å². The summed E-state index contributed by atoms with van der Waals surface area (Å²) in [5.41, 5.74) is 4.73. The van der Waals surface area contributed by atoms with Crippen molar-refractivity contribution >= 4 is 29.9 Å². The summed E-state index contributed by atoms with van der Waals surface area (Å²) in [7, 11) is 1.79. The van der Waals surface area contributed by atoms with Gasteiger partial charge in [-0.1, -0.05) is 43.3 Å². The molecule has 8 heteroatoms. The molecule has 1 aromatic carbocycles. The van der Waals surface area contributed by atoms with Crippen LogP contribution < -0.4 is 10.6 Å². The molecule has 0 spiro atoms. The molecule has 7 nitrogen and oxygen atoms in total. The third kappa shape index (κ3) is 6.95. The molecule has 0 radical (unpaired) electrons. The summed E-state index contributed by atoms with van der Waals surface area (Å²) < 4.78 is 10.9. The molecule has 0 unspecified atom stereocenters. The van der Waals surface area contributed by atoms with Crippen LogP contribution in [0.15, 0.2) is 33.8 Å². The first-order valence-corrected chi connectivity index (χ1v) is 10.5. The van der Waals surface area contributed by atoms with Crippen LogP contribution in [0, 0.1) is 0 Å². The fourth-order valence-corrected chi connectivity index (χ4v) is 3.50. The number of aryl methyl sites for hydroxylation is 2. The van der Waals surface area contributed by atoms with Crippen LogP contribution in [0.5, 0.6) is 0 Å². The monoisotopic (exact) mass is 527 g/mol. The summed E-state index contributed by atoms with van der Waals surface area (Å²) in [6, 6.07) is 8.78. The van der Waals surface area contributed by atoms with E-state index in [9.17, 15) is 0 Å². The van der Waals surface area contributed by atoms with Crippen LogP contribution in [0.2, 0.25) is 0 Å². The highest BCUT2D eigenvalue weighted by atomic mass is 127. The van der Waals surface area contributed by atoms with Crippen LogP contribution in [0.4, 0.5) is 0 Å². The van der Waals surface area contributed by atoms with Gasteiger partial charge in [-0.05, 0) is 17.5 Å². The highest BCUT2D eigenvalue weighted by Gasteiger charge is 2.14. The number of halogens is 1. The summed E-state index contributed by atoms with van der Waals surface area (Å²) in [5.74, 6) is 1.72. The number of aromatic nitrogens is 1. The van der Waals surface area contributed by atoms with E-state index in [4.69, 9.17) is 9.26 Å². The summed E-state index contributed by atoms with van der Waals surface area (Å²) in [6.07, 6.45) is 1.70. The SMILES string of the molecule is CCc1noc(CC)c1CNC(=NC)NCc1ccc(CN2CCOCC2)cc1.I. The quantitative estimate of drug-likeness (QED) is 0.312. The number of hydrogen-bond acceptors (Lipinski definition) is 5. The minimum absolute atomic E-state index is 0.